The van der Waals surface area contributed by atoms with E-state index in [0.717, 1.165) is 41.8 Å². The zero-order valence-corrected chi connectivity index (χ0v) is 17.6. The maximum Gasteiger partial charge on any atom is 0.265 e. The lowest BCUT2D eigenvalue weighted by molar-refractivity contribution is -0.122. The highest BCUT2D eigenvalue weighted by Gasteiger charge is 2.23. The van der Waals surface area contributed by atoms with Crippen LogP contribution in [0.25, 0.3) is 0 Å². The lowest BCUT2D eigenvalue weighted by atomic mass is 10.1. The van der Waals surface area contributed by atoms with Crippen molar-refractivity contribution in [2.45, 2.75) is 12.8 Å². The van der Waals surface area contributed by atoms with Crippen molar-refractivity contribution in [2.75, 3.05) is 39.3 Å². The van der Waals surface area contributed by atoms with E-state index in [1.807, 2.05) is 34.5 Å². The fourth-order valence-electron chi connectivity index (χ4n) is 3.17. The first-order chi connectivity index (χ1) is 13.1. The number of benzene rings is 1. The van der Waals surface area contributed by atoms with Gasteiger partial charge in [0.05, 0.1) is 6.54 Å². The smallest absolute Gasteiger partial charge is 0.265 e. The molecule has 144 valence electrons. The van der Waals surface area contributed by atoms with Crippen LogP contribution in [0.4, 0.5) is 0 Å². The van der Waals surface area contributed by atoms with Gasteiger partial charge in [0.15, 0.2) is 0 Å². The first kappa shape index (κ1) is 20.0. The summed E-state index contributed by atoms with van der Waals surface area (Å²) in [5.41, 5.74) is 1.22. The molecule has 0 atom stereocenters. The molecule has 2 amide bonds. The number of hydrogen-bond acceptors (Lipinski definition) is 4. The Morgan fingerprint density at radius 2 is 1.89 bits per heavy atom. The van der Waals surface area contributed by atoms with E-state index in [0.29, 0.717) is 19.6 Å². The fourth-order valence-corrected chi connectivity index (χ4v) is 4.68. The van der Waals surface area contributed by atoms with Gasteiger partial charge in [0.2, 0.25) is 5.91 Å². The molecule has 0 radical (unpaired) electrons. The van der Waals surface area contributed by atoms with Crippen molar-refractivity contribution in [3.8, 4) is 0 Å². The summed E-state index contributed by atoms with van der Waals surface area (Å²) in [6.45, 7) is 3.98. The van der Waals surface area contributed by atoms with Crippen molar-refractivity contribution in [2.24, 2.45) is 0 Å². The molecule has 0 saturated carbocycles. The van der Waals surface area contributed by atoms with Crippen LogP contribution in [-0.2, 0) is 11.2 Å². The van der Waals surface area contributed by atoms with Gasteiger partial charge in [-0.1, -0.05) is 30.3 Å². The number of nitrogens with one attached hydrogen (secondary N) is 1. The summed E-state index contributed by atoms with van der Waals surface area (Å²) in [5, 5.41) is 4.91. The van der Waals surface area contributed by atoms with Gasteiger partial charge in [-0.2, -0.15) is 0 Å². The second-order valence-electron chi connectivity index (χ2n) is 6.61. The summed E-state index contributed by atoms with van der Waals surface area (Å²) < 4.78 is 0.858. The van der Waals surface area contributed by atoms with Crippen LogP contribution in [0.3, 0.4) is 0 Å². The van der Waals surface area contributed by atoms with Crippen LogP contribution in [0.2, 0.25) is 0 Å². The van der Waals surface area contributed by atoms with Gasteiger partial charge in [0.1, 0.15) is 4.88 Å². The molecule has 0 spiro atoms. The third kappa shape index (κ3) is 5.89. The summed E-state index contributed by atoms with van der Waals surface area (Å²) in [4.78, 5) is 29.6. The molecule has 2 heterocycles. The van der Waals surface area contributed by atoms with Crippen LogP contribution >= 0.6 is 27.3 Å². The van der Waals surface area contributed by atoms with E-state index in [1.54, 1.807) is 0 Å². The number of hydrogen-bond donors (Lipinski definition) is 1. The molecule has 2 aromatic rings. The van der Waals surface area contributed by atoms with Crippen molar-refractivity contribution in [1.82, 2.24) is 15.1 Å². The Morgan fingerprint density at radius 3 is 2.63 bits per heavy atom. The average molecular weight is 450 g/mol. The second kappa shape index (κ2) is 10.0. The molecule has 1 aliphatic heterocycles. The molecule has 0 bridgehead atoms. The van der Waals surface area contributed by atoms with Gasteiger partial charge < -0.3 is 10.2 Å². The SMILES string of the molecule is O=C(CN1CCCN(C(=O)c2sccc2Br)CC1)NCCc1ccccc1. The predicted octanol–water partition coefficient (Wildman–Crippen LogP) is 3.02. The number of nitrogens with zero attached hydrogens (tertiary/aromatic N) is 2. The van der Waals surface area contributed by atoms with E-state index < -0.39 is 0 Å². The van der Waals surface area contributed by atoms with Gasteiger partial charge in [-0.05, 0) is 45.8 Å². The zero-order valence-electron chi connectivity index (χ0n) is 15.2. The van der Waals surface area contributed by atoms with Gasteiger partial charge in [-0.3, -0.25) is 14.5 Å². The largest absolute Gasteiger partial charge is 0.355 e. The molecule has 27 heavy (non-hydrogen) atoms. The number of carbonyl (C=O) groups is 2. The third-order valence-corrected chi connectivity index (χ3v) is 6.46. The highest BCUT2D eigenvalue weighted by molar-refractivity contribution is 9.10. The van der Waals surface area contributed by atoms with E-state index in [9.17, 15) is 9.59 Å². The second-order valence-corrected chi connectivity index (χ2v) is 8.38. The molecule has 3 rings (SSSR count). The van der Waals surface area contributed by atoms with Crippen LogP contribution < -0.4 is 5.32 Å². The Morgan fingerprint density at radius 1 is 1.07 bits per heavy atom. The quantitative estimate of drug-likeness (QED) is 0.737. The molecule has 7 heteroatoms. The van der Waals surface area contributed by atoms with Crippen LogP contribution in [0.15, 0.2) is 46.3 Å². The molecule has 1 fully saturated rings. The number of carbonyl (C=O) groups excluding carboxylic acids is 2. The first-order valence-corrected chi connectivity index (χ1v) is 10.9. The molecule has 1 aliphatic rings. The molecule has 1 saturated heterocycles. The predicted molar refractivity (Wildman–Crippen MR) is 112 cm³/mol. The van der Waals surface area contributed by atoms with E-state index in [4.69, 9.17) is 0 Å². The van der Waals surface area contributed by atoms with Crippen LogP contribution in [-0.4, -0.2) is 60.9 Å². The van der Waals surface area contributed by atoms with E-state index >= 15 is 0 Å². The van der Waals surface area contributed by atoms with Crippen molar-refractivity contribution in [1.29, 1.82) is 0 Å². The molecule has 5 nitrogen and oxygen atoms in total. The minimum absolute atomic E-state index is 0.0479. The van der Waals surface area contributed by atoms with Gasteiger partial charge >= 0.3 is 0 Å². The maximum atomic E-state index is 12.6. The van der Waals surface area contributed by atoms with Gasteiger partial charge in [-0.25, -0.2) is 0 Å². The number of rotatable bonds is 6. The zero-order chi connectivity index (χ0) is 19.1. The van der Waals surface area contributed by atoms with Crippen molar-refractivity contribution >= 4 is 39.1 Å². The lowest BCUT2D eigenvalue weighted by Gasteiger charge is -2.21. The third-order valence-electron chi connectivity index (χ3n) is 4.63. The molecule has 1 aromatic carbocycles. The average Bonchev–Trinajstić information content (AvgIpc) is 2.96. The summed E-state index contributed by atoms with van der Waals surface area (Å²) in [7, 11) is 0. The van der Waals surface area contributed by atoms with Gasteiger partial charge in [0.25, 0.3) is 5.91 Å². The Hall–Kier alpha value is -1.70. The van der Waals surface area contributed by atoms with E-state index in [2.05, 4.69) is 38.3 Å². The Bertz CT molecular complexity index is 766. The Labute approximate surface area is 172 Å². The van der Waals surface area contributed by atoms with Crippen molar-refractivity contribution in [3.63, 3.8) is 0 Å². The summed E-state index contributed by atoms with van der Waals surface area (Å²) in [6.07, 6.45) is 1.72. The summed E-state index contributed by atoms with van der Waals surface area (Å²) in [5.74, 6) is 0.123. The summed E-state index contributed by atoms with van der Waals surface area (Å²) >= 11 is 4.90. The lowest BCUT2D eigenvalue weighted by Crippen LogP contribution is -2.40. The molecular weight excluding hydrogens is 426 g/mol. The highest BCUT2D eigenvalue weighted by Crippen LogP contribution is 2.24. The summed E-state index contributed by atoms with van der Waals surface area (Å²) in [6, 6.07) is 12.1. The number of thiophene rings is 1. The highest BCUT2D eigenvalue weighted by atomic mass is 79.9. The van der Waals surface area contributed by atoms with Crippen molar-refractivity contribution < 1.29 is 9.59 Å². The van der Waals surface area contributed by atoms with E-state index in [1.165, 1.54) is 16.9 Å². The minimum Gasteiger partial charge on any atom is -0.355 e. The topological polar surface area (TPSA) is 52.7 Å². The van der Waals surface area contributed by atoms with Gasteiger partial charge in [0, 0.05) is 37.2 Å². The van der Waals surface area contributed by atoms with Gasteiger partial charge in [-0.15, -0.1) is 11.3 Å². The van der Waals surface area contributed by atoms with Crippen LogP contribution in [0.5, 0.6) is 0 Å². The van der Waals surface area contributed by atoms with Crippen LogP contribution in [0, 0.1) is 0 Å². The monoisotopic (exact) mass is 449 g/mol. The minimum atomic E-state index is 0.0479. The standard InChI is InChI=1S/C20H24BrN3O2S/c21-17-8-14-27-19(17)20(26)24-11-4-10-23(12-13-24)15-18(25)22-9-7-16-5-2-1-3-6-16/h1-3,5-6,8,14H,4,7,9-13,15H2,(H,22,25). The number of halogens is 1. The van der Waals surface area contributed by atoms with E-state index in [-0.39, 0.29) is 11.8 Å². The molecular formula is C20H24BrN3O2S. The molecule has 0 unspecified atom stereocenters. The van der Waals surface area contributed by atoms with Crippen molar-refractivity contribution in [3.05, 3.63) is 56.7 Å². The molecule has 0 aliphatic carbocycles. The van der Waals surface area contributed by atoms with Crippen LogP contribution in [0.1, 0.15) is 21.7 Å². The Kier molecular flexibility index (Phi) is 7.43. The first-order valence-electron chi connectivity index (χ1n) is 9.19. The molecule has 1 aromatic heterocycles. The Balaban J connectivity index is 1.42. The fraction of sp³-hybridized carbons (Fsp3) is 0.400. The molecule has 1 N–H and O–H groups in total. The maximum absolute atomic E-state index is 12.6. The normalized spacial score (nSPS) is 15.4. The number of amides is 2.